The minimum Gasteiger partial charge on any atom is -0.462 e. The molecule has 0 aliphatic carbocycles. The lowest BCUT2D eigenvalue weighted by atomic mass is 10.1. The van der Waals surface area contributed by atoms with Crippen molar-refractivity contribution in [1.29, 1.82) is 0 Å². The lowest BCUT2D eigenvalue weighted by Gasteiger charge is -2.14. The maximum atomic E-state index is 12.3. The highest BCUT2D eigenvalue weighted by molar-refractivity contribution is 6.04. The first-order valence-electron chi connectivity index (χ1n) is 7.75. The Morgan fingerprint density at radius 3 is 2.95 bits per heavy atom. The van der Waals surface area contributed by atoms with E-state index in [4.69, 9.17) is 9.47 Å². The van der Waals surface area contributed by atoms with E-state index >= 15 is 0 Å². The molecule has 5 heteroatoms. The molecule has 1 aromatic carbocycles. The van der Waals surface area contributed by atoms with Gasteiger partial charge in [-0.3, -0.25) is 10.1 Å². The third-order valence-electron chi connectivity index (χ3n) is 3.31. The Morgan fingerprint density at radius 1 is 1.50 bits per heavy atom. The second-order valence-corrected chi connectivity index (χ2v) is 5.77. The minimum atomic E-state index is -0.213. The monoisotopic (exact) mass is 304 g/mol. The molecule has 1 fully saturated rings. The highest BCUT2D eigenvalue weighted by atomic mass is 16.5. The molecule has 1 aliphatic rings. The SMILES string of the molecule is Cc1cccc(C(=O)NC(=NCC2CCCO2)OC(C)C)c1. The fourth-order valence-corrected chi connectivity index (χ4v) is 2.26. The summed E-state index contributed by atoms with van der Waals surface area (Å²) in [6.45, 7) is 7.06. The molecular weight excluding hydrogens is 280 g/mol. The zero-order valence-electron chi connectivity index (χ0n) is 13.5. The zero-order valence-corrected chi connectivity index (χ0v) is 13.5. The van der Waals surface area contributed by atoms with Crippen LogP contribution in [0, 0.1) is 6.92 Å². The Kier molecular flexibility index (Phi) is 5.95. The van der Waals surface area contributed by atoms with Crippen molar-refractivity contribution in [2.24, 2.45) is 4.99 Å². The summed E-state index contributed by atoms with van der Waals surface area (Å²) in [5.74, 6) is -0.213. The number of ether oxygens (including phenoxy) is 2. The lowest BCUT2D eigenvalue weighted by Crippen LogP contribution is -2.35. The van der Waals surface area contributed by atoms with Gasteiger partial charge in [0.05, 0.1) is 18.8 Å². The number of benzene rings is 1. The van der Waals surface area contributed by atoms with Gasteiger partial charge in [0.25, 0.3) is 11.9 Å². The van der Waals surface area contributed by atoms with Gasteiger partial charge in [0, 0.05) is 12.2 Å². The molecule has 0 radical (unpaired) electrons. The van der Waals surface area contributed by atoms with Gasteiger partial charge in [0.2, 0.25) is 0 Å². The van der Waals surface area contributed by atoms with Crippen LogP contribution in [0.1, 0.15) is 42.6 Å². The van der Waals surface area contributed by atoms with Crippen molar-refractivity contribution in [2.45, 2.75) is 45.8 Å². The van der Waals surface area contributed by atoms with Gasteiger partial charge in [-0.1, -0.05) is 17.7 Å². The van der Waals surface area contributed by atoms with E-state index in [0.29, 0.717) is 12.1 Å². The molecule has 1 aromatic rings. The van der Waals surface area contributed by atoms with Crippen molar-refractivity contribution < 1.29 is 14.3 Å². The third kappa shape index (κ3) is 5.15. The van der Waals surface area contributed by atoms with Crippen molar-refractivity contribution in [3.05, 3.63) is 35.4 Å². The zero-order chi connectivity index (χ0) is 15.9. The summed E-state index contributed by atoms with van der Waals surface area (Å²) in [6.07, 6.45) is 2.14. The van der Waals surface area contributed by atoms with Crippen LogP contribution < -0.4 is 5.32 Å². The van der Waals surface area contributed by atoms with Crippen LogP contribution in [-0.2, 0) is 9.47 Å². The minimum absolute atomic E-state index is 0.0546. The van der Waals surface area contributed by atoms with E-state index in [9.17, 15) is 4.79 Å². The number of amidine groups is 1. The third-order valence-corrected chi connectivity index (χ3v) is 3.31. The summed E-state index contributed by atoms with van der Waals surface area (Å²) in [6, 6.07) is 7.68. The number of aryl methyl sites for hydroxylation is 1. The van der Waals surface area contributed by atoms with E-state index in [0.717, 1.165) is 25.0 Å². The van der Waals surface area contributed by atoms with E-state index in [1.165, 1.54) is 0 Å². The first-order valence-corrected chi connectivity index (χ1v) is 7.75. The number of nitrogens with one attached hydrogen (secondary N) is 1. The van der Waals surface area contributed by atoms with Gasteiger partial charge in [-0.15, -0.1) is 0 Å². The molecule has 1 saturated heterocycles. The number of hydrogen-bond donors (Lipinski definition) is 1. The molecule has 2 rings (SSSR count). The smallest absolute Gasteiger partial charge is 0.292 e. The Bertz CT molecular complexity index is 534. The van der Waals surface area contributed by atoms with Crippen molar-refractivity contribution in [1.82, 2.24) is 5.32 Å². The van der Waals surface area contributed by atoms with Crippen LogP contribution in [0.4, 0.5) is 0 Å². The van der Waals surface area contributed by atoms with Crippen LogP contribution in [0.15, 0.2) is 29.3 Å². The highest BCUT2D eigenvalue weighted by Crippen LogP contribution is 2.12. The quantitative estimate of drug-likeness (QED) is 0.687. The van der Waals surface area contributed by atoms with Crippen LogP contribution in [0.25, 0.3) is 0 Å². The topological polar surface area (TPSA) is 59.9 Å². The number of rotatable bonds is 4. The molecule has 22 heavy (non-hydrogen) atoms. The van der Waals surface area contributed by atoms with Gasteiger partial charge >= 0.3 is 0 Å². The largest absolute Gasteiger partial charge is 0.462 e. The first kappa shape index (κ1) is 16.5. The van der Waals surface area contributed by atoms with Crippen LogP contribution in [-0.4, -0.2) is 37.3 Å². The van der Waals surface area contributed by atoms with Crippen molar-refractivity contribution in [2.75, 3.05) is 13.2 Å². The molecule has 5 nitrogen and oxygen atoms in total. The maximum absolute atomic E-state index is 12.3. The molecule has 1 N–H and O–H groups in total. The van der Waals surface area contributed by atoms with Gasteiger partial charge < -0.3 is 9.47 Å². The Balaban J connectivity index is 2.01. The number of amides is 1. The second kappa shape index (κ2) is 7.94. The predicted octanol–water partition coefficient (Wildman–Crippen LogP) is 2.68. The molecule has 1 atom stereocenters. The summed E-state index contributed by atoms with van der Waals surface area (Å²) in [5.41, 5.74) is 1.63. The second-order valence-electron chi connectivity index (χ2n) is 5.77. The number of aliphatic imine (C=N–C) groups is 1. The molecule has 120 valence electrons. The molecule has 1 aliphatic heterocycles. The van der Waals surface area contributed by atoms with Crippen molar-refractivity contribution in [3.63, 3.8) is 0 Å². The molecule has 0 bridgehead atoms. The van der Waals surface area contributed by atoms with Crippen LogP contribution >= 0.6 is 0 Å². The van der Waals surface area contributed by atoms with Gasteiger partial charge in [0.1, 0.15) is 0 Å². The summed E-state index contributed by atoms with van der Waals surface area (Å²) in [4.78, 5) is 16.7. The average molecular weight is 304 g/mol. The fraction of sp³-hybridized carbons (Fsp3) is 0.529. The number of nitrogens with zero attached hydrogens (tertiary/aromatic N) is 1. The Labute approximate surface area is 131 Å². The van der Waals surface area contributed by atoms with Crippen LogP contribution in [0.5, 0.6) is 0 Å². The molecule has 1 unspecified atom stereocenters. The number of carbonyl (C=O) groups is 1. The number of hydrogen-bond acceptors (Lipinski definition) is 4. The fourth-order valence-electron chi connectivity index (χ4n) is 2.26. The van der Waals surface area contributed by atoms with Crippen LogP contribution in [0.3, 0.4) is 0 Å². The van der Waals surface area contributed by atoms with E-state index < -0.39 is 0 Å². The summed E-state index contributed by atoms with van der Waals surface area (Å²) in [7, 11) is 0. The van der Waals surface area contributed by atoms with E-state index in [2.05, 4.69) is 10.3 Å². The van der Waals surface area contributed by atoms with E-state index in [1.54, 1.807) is 6.07 Å². The summed E-state index contributed by atoms with van der Waals surface area (Å²) in [5, 5.41) is 2.75. The molecule has 0 spiro atoms. The van der Waals surface area contributed by atoms with E-state index in [1.807, 2.05) is 39.0 Å². The number of carbonyl (C=O) groups excluding carboxylic acids is 1. The average Bonchev–Trinajstić information content (AvgIpc) is 2.97. The van der Waals surface area contributed by atoms with Gasteiger partial charge in [-0.05, 0) is 45.7 Å². The van der Waals surface area contributed by atoms with Gasteiger partial charge in [0.15, 0.2) is 0 Å². The maximum Gasteiger partial charge on any atom is 0.292 e. The summed E-state index contributed by atoms with van der Waals surface area (Å²) < 4.78 is 11.1. The predicted molar refractivity (Wildman–Crippen MR) is 86.1 cm³/mol. The highest BCUT2D eigenvalue weighted by Gasteiger charge is 2.17. The lowest BCUT2D eigenvalue weighted by molar-refractivity contribution is 0.0955. The van der Waals surface area contributed by atoms with Crippen LogP contribution in [0.2, 0.25) is 0 Å². The molecule has 0 aromatic heterocycles. The Hall–Kier alpha value is -1.88. The van der Waals surface area contributed by atoms with Crippen molar-refractivity contribution >= 4 is 11.9 Å². The Morgan fingerprint density at radius 2 is 2.32 bits per heavy atom. The molecule has 0 saturated carbocycles. The first-order chi connectivity index (χ1) is 10.5. The van der Waals surface area contributed by atoms with Crippen molar-refractivity contribution in [3.8, 4) is 0 Å². The standard InChI is InChI=1S/C17H24N2O3/c1-12(2)22-17(18-11-15-8-5-9-21-15)19-16(20)14-7-4-6-13(3)10-14/h4,6-7,10,12,15H,5,8-9,11H2,1-3H3,(H,18,19,20). The molecule has 1 heterocycles. The van der Waals surface area contributed by atoms with Gasteiger partial charge in [-0.2, -0.15) is 0 Å². The van der Waals surface area contributed by atoms with E-state index in [-0.39, 0.29) is 24.1 Å². The molecular formula is C17H24N2O3. The van der Waals surface area contributed by atoms with Gasteiger partial charge in [-0.25, -0.2) is 4.99 Å². The normalized spacial score (nSPS) is 18.5. The molecule has 1 amide bonds. The summed E-state index contributed by atoms with van der Waals surface area (Å²) >= 11 is 0.